The Morgan fingerprint density at radius 2 is 1.39 bits per heavy atom. The van der Waals surface area contributed by atoms with Crippen molar-refractivity contribution in [2.75, 3.05) is 13.2 Å². The van der Waals surface area contributed by atoms with Crippen LogP contribution in [-0.2, 0) is 23.2 Å². The summed E-state index contributed by atoms with van der Waals surface area (Å²) in [6, 6.07) is 0. The number of nitrogens with one attached hydrogen (secondary N) is 2. The Morgan fingerprint density at radius 1 is 0.964 bits per heavy atom. The molecule has 11 nitrogen and oxygen atoms in total. The third kappa shape index (κ3) is 8.15. The van der Waals surface area contributed by atoms with Crippen molar-refractivity contribution in [3.05, 3.63) is 24.3 Å². The minimum absolute atomic E-state index is 0.0662. The summed E-state index contributed by atoms with van der Waals surface area (Å²) >= 11 is 2.19. The molecule has 2 unspecified atom stereocenters. The van der Waals surface area contributed by atoms with Crippen LogP contribution >= 0.6 is 31.8 Å². The first-order valence-electron chi connectivity index (χ1n) is 8.23. The lowest BCUT2D eigenvalue weighted by Crippen LogP contribution is -2.05. The van der Waals surface area contributed by atoms with Gasteiger partial charge in [-0.1, -0.05) is 23.5 Å². The summed E-state index contributed by atoms with van der Waals surface area (Å²) in [5.41, 5.74) is 0. The maximum Gasteiger partial charge on any atom is 0.697 e. The molecular weight excluding hydrogens is 427 g/mol. The predicted octanol–water partition coefficient (Wildman–Crippen LogP) is 2.74. The molecule has 0 saturated carbocycles. The standard InChI is InChI=1S/C14H20N6O5PS2/c1-9(21)27-11(13-15-7-17-19-13)3-5-24-26(23)25-6-4-12(28-10(2)22)14-16-8-18-20-14/h7-8,11-12H,3-6H2,1-2H3,(H,15,17,19)(H,16,18,20)/q+1. The lowest BCUT2D eigenvalue weighted by atomic mass is 10.3. The SMILES string of the molecule is CC(=O)SC(CCO[P+](=O)OCCC(SC(C)=O)c1ncn[nH]1)c1ncn[nH]1. The molecule has 0 fully saturated rings. The lowest BCUT2D eigenvalue weighted by molar-refractivity contribution is -0.110. The van der Waals surface area contributed by atoms with Crippen molar-refractivity contribution < 1.29 is 23.2 Å². The number of carbonyl (C=O) groups is 2. The van der Waals surface area contributed by atoms with E-state index in [0.29, 0.717) is 24.5 Å². The summed E-state index contributed by atoms with van der Waals surface area (Å²) < 4.78 is 22.3. The largest absolute Gasteiger partial charge is 0.697 e. The van der Waals surface area contributed by atoms with Crippen LogP contribution in [-0.4, -0.2) is 53.8 Å². The number of nitrogens with zero attached hydrogens (tertiary/aromatic N) is 4. The fourth-order valence-electron chi connectivity index (χ4n) is 2.15. The van der Waals surface area contributed by atoms with Gasteiger partial charge in [0.15, 0.2) is 10.2 Å². The second kappa shape index (κ2) is 12.0. The van der Waals surface area contributed by atoms with Gasteiger partial charge in [-0.25, -0.2) is 9.97 Å². The Labute approximate surface area is 170 Å². The molecule has 14 heteroatoms. The van der Waals surface area contributed by atoms with Crippen molar-refractivity contribution in [1.29, 1.82) is 0 Å². The first kappa shape index (κ1) is 22.6. The average molecular weight is 447 g/mol. The van der Waals surface area contributed by atoms with E-state index in [1.807, 2.05) is 0 Å². The average Bonchev–Trinajstić information content (AvgIpc) is 3.33. The van der Waals surface area contributed by atoms with Crippen LogP contribution < -0.4 is 0 Å². The van der Waals surface area contributed by atoms with Gasteiger partial charge in [-0.15, -0.1) is 9.05 Å². The molecule has 0 aliphatic carbocycles. The number of hydrogen-bond acceptors (Lipinski definition) is 11. The van der Waals surface area contributed by atoms with Gasteiger partial charge in [0.1, 0.15) is 37.5 Å². The minimum Gasteiger partial charge on any atom is -0.288 e. The second-order valence-electron chi connectivity index (χ2n) is 5.40. The van der Waals surface area contributed by atoms with Crippen molar-refractivity contribution in [3.8, 4) is 0 Å². The van der Waals surface area contributed by atoms with E-state index in [-0.39, 0.29) is 33.9 Å². The summed E-state index contributed by atoms with van der Waals surface area (Å²) in [4.78, 5) is 30.8. The minimum atomic E-state index is -2.33. The molecule has 28 heavy (non-hydrogen) atoms. The van der Waals surface area contributed by atoms with Crippen LogP contribution in [0.25, 0.3) is 0 Å². The Kier molecular flexibility index (Phi) is 9.71. The van der Waals surface area contributed by atoms with E-state index in [1.165, 1.54) is 26.5 Å². The van der Waals surface area contributed by atoms with Crippen LogP contribution in [0.2, 0.25) is 0 Å². The third-order valence-corrected chi connectivity index (χ3v) is 6.18. The maximum atomic E-state index is 11.9. The summed E-state index contributed by atoms with van der Waals surface area (Å²) in [6.07, 6.45) is 3.53. The molecule has 0 radical (unpaired) electrons. The van der Waals surface area contributed by atoms with Gasteiger partial charge in [-0.05, 0) is 12.8 Å². The van der Waals surface area contributed by atoms with Gasteiger partial charge in [0.25, 0.3) is 0 Å². The van der Waals surface area contributed by atoms with Gasteiger partial charge in [0.2, 0.25) is 0 Å². The number of thioether (sulfide) groups is 2. The summed E-state index contributed by atoms with van der Waals surface area (Å²) in [7, 11) is -2.33. The lowest BCUT2D eigenvalue weighted by Gasteiger charge is -2.10. The first-order valence-corrected chi connectivity index (χ1v) is 11.1. The number of rotatable bonds is 12. The third-order valence-electron chi connectivity index (χ3n) is 3.25. The Balaban J connectivity index is 1.72. The van der Waals surface area contributed by atoms with Crippen molar-refractivity contribution in [3.63, 3.8) is 0 Å². The number of carbonyl (C=O) groups excluding carboxylic acids is 2. The molecule has 0 saturated heterocycles. The Bertz CT molecular complexity index is 698. The van der Waals surface area contributed by atoms with Crippen molar-refractivity contribution in [2.45, 2.75) is 37.2 Å². The molecule has 0 spiro atoms. The highest BCUT2D eigenvalue weighted by atomic mass is 32.2. The smallest absolute Gasteiger partial charge is 0.288 e. The molecule has 2 aromatic rings. The van der Waals surface area contributed by atoms with E-state index in [4.69, 9.17) is 9.05 Å². The van der Waals surface area contributed by atoms with Crippen LogP contribution in [0.1, 0.15) is 48.8 Å². The Hall–Kier alpha value is -1.66. The van der Waals surface area contributed by atoms with E-state index in [2.05, 4.69) is 30.4 Å². The highest BCUT2D eigenvalue weighted by Gasteiger charge is 2.26. The number of aromatic nitrogens is 6. The van der Waals surface area contributed by atoms with Crippen LogP contribution in [0, 0.1) is 0 Å². The Morgan fingerprint density at radius 3 is 1.71 bits per heavy atom. The van der Waals surface area contributed by atoms with Crippen LogP contribution in [0.15, 0.2) is 12.7 Å². The number of hydrogen-bond donors (Lipinski definition) is 2. The molecule has 2 atom stereocenters. The quantitative estimate of drug-likeness (QED) is 0.462. The zero-order chi connectivity index (χ0) is 20.4. The van der Waals surface area contributed by atoms with Crippen LogP contribution in [0.5, 0.6) is 0 Å². The summed E-state index contributed by atoms with van der Waals surface area (Å²) in [5, 5.41) is 12.3. The van der Waals surface area contributed by atoms with Gasteiger partial charge in [0.05, 0.1) is 10.5 Å². The predicted molar refractivity (Wildman–Crippen MR) is 104 cm³/mol. The zero-order valence-electron chi connectivity index (χ0n) is 15.2. The number of H-pyrrole nitrogens is 2. The molecule has 2 aromatic heterocycles. The van der Waals surface area contributed by atoms with E-state index in [0.717, 1.165) is 23.5 Å². The van der Waals surface area contributed by atoms with Gasteiger partial charge in [0, 0.05) is 18.4 Å². The summed E-state index contributed by atoms with van der Waals surface area (Å²) in [5.74, 6) is 1.10. The molecule has 152 valence electrons. The van der Waals surface area contributed by atoms with E-state index >= 15 is 0 Å². The highest BCUT2D eigenvalue weighted by Crippen LogP contribution is 2.34. The molecule has 2 heterocycles. The van der Waals surface area contributed by atoms with Gasteiger partial charge in [-0.2, -0.15) is 10.2 Å². The van der Waals surface area contributed by atoms with E-state index in [1.54, 1.807) is 0 Å². The van der Waals surface area contributed by atoms with Crippen molar-refractivity contribution in [2.24, 2.45) is 0 Å². The van der Waals surface area contributed by atoms with E-state index in [9.17, 15) is 14.2 Å². The fraction of sp³-hybridized carbons (Fsp3) is 0.571. The normalized spacial score (nSPS) is 13.9. The summed E-state index contributed by atoms with van der Waals surface area (Å²) in [6.45, 7) is 3.16. The molecule has 0 bridgehead atoms. The molecular formula is C14H20N6O5PS2+. The van der Waals surface area contributed by atoms with Gasteiger partial charge < -0.3 is 0 Å². The van der Waals surface area contributed by atoms with E-state index < -0.39 is 8.25 Å². The molecule has 2 rings (SSSR count). The highest BCUT2D eigenvalue weighted by molar-refractivity contribution is 8.14. The monoisotopic (exact) mass is 447 g/mol. The topological polar surface area (TPSA) is 153 Å². The zero-order valence-corrected chi connectivity index (χ0v) is 17.8. The van der Waals surface area contributed by atoms with Crippen LogP contribution in [0.4, 0.5) is 0 Å². The maximum absolute atomic E-state index is 11.9. The second-order valence-corrected chi connectivity index (χ2v) is 9.13. The van der Waals surface area contributed by atoms with Gasteiger partial charge >= 0.3 is 8.25 Å². The van der Waals surface area contributed by atoms with Crippen molar-refractivity contribution in [1.82, 2.24) is 30.4 Å². The first-order chi connectivity index (χ1) is 13.5. The fourth-order valence-corrected chi connectivity index (χ4v) is 4.41. The molecule has 0 aromatic carbocycles. The number of aromatic amines is 2. The molecule has 0 aliphatic rings. The molecule has 2 N–H and O–H groups in total. The van der Waals surface area contributed by atoms with Crippen molar-refractivity contribution >= 4 is 42.0 Å². The molecule has 0 amide bonds. The van der Waals surface area contributed by atoms with Gasteiger partial charge in [-0.3, -0.25) is 19.8 Å². The van der Waals surface area contributed by atoms with Crippen LogP contribution in [0.3, 0.4) is 0 Å². The molecule has 0 aliphatic heterocycles.